The first-order valence-electron chi connectivity index (χ1n) is 8.53. The van der Waals surface area contributed by atoms with E-state index >= 15 is 0 Å². The molecule has 0 bridgehead atoms. The highest BCUT2D eigenvalue weighted by Gasteiger charge is 2.34. The molecular formula is C18H20F4N2O4. The Kier molecular flexibility index (Phi) is 7.00. The average molecular weight is 404 g/mol. The number of carbonyl (C=O) groups is 1. The summed E-state index contributed by atoms with van der Waals surface area (Å²) in [6, 6.07) is 4.39. The lowest BCUT2D eigenvalue weighted by Crippen LogP contribution is -2.38. The second-order valence-corrected chi connectivity index (χ2v) is 6.52. The molecule has 1 aliphatic heterocycles. The van der Waals surface area contributed by atoms with Crippen molar-refractivity contribution in [1.82, 2.24) is 10.5 Å². The summed E-state index contributed by atoms with van der Waals surface area (Å²) in [5.74, 6) is -1.47. The summed E-state index contributed by atoms with van der Waals surface area (Å²) in [7, 11) is 0. The van der Waals surface area contributed by atoms with Gasteiger partial charge in [-0.1, -0.05) is 6.07 Å². The van der Waals surface area contributed by atoms with Crippen molar-refractivity contribution in [3.63, 3.8) is 0 Å². The van der Waals surface area contributed by atoms with Gasteiger partial charge in [-0.05, 0) is 43.5 Å². The average Bonchev–Trinajstić information content (AvgIpc) is 3.00. The molecule has 0 spiro atoms. The van der Waals surface area contributed by atoms with E-state index in [0.717, 1.165) is 25.5 Å². The molecule has 2 heterocycles. The third-order valence-electron chi connectivity index (χ3n) is 4.26. The molecule has 1 aromatic carbocycles. The maximum atomic E-state index is 13.7. The standard InChI is InChI=1S/C16H16F4N2O2.C2H4O2/c17-13-6-9(1-2-12(13)16(18,19)20)5-11-7-10(3-4-21-11)14-8-15(23)22-24-14;1-2(3)4/h1-2,6,8,10-11,21H,3-5,7H2,(H,22,23);1H3,(H,3,4)/t10-,11+;/m1./s1. The van der Waals surface area contributed by atoms with Crippen molar-refractivity contribution in [2.45, 2.75) is 44.3 Å². The van der Waals surface area contributed by atoms with Gasteiger partial charge in [0, 0.05) is 24.9 Å². The van der Waals surface area contributed by atoms with Crippen molar-refractivity contribution in [2.75, 3.05) is 6.54 Å². The third kappa shape index (κ3) is 6.22. The zero-order valence-electron chi connectivity index (χ0n) is 15.0. The van der Waals surface area contributed by atoms with E-state index in [9.17, 15) is 22.4 Å². The summed E-state index contributed by atoms with van der Waals surface area (Å²) in [5, 5.41) is 12.9. The van der Waals surface area contributed by atoms with Crippen molar-refractivity contribution in [3.8, 4) is 0 Å². The summed E-state index contributed by atoms with van der Waals surface area (Å²) in [5.41, 5.74) is -1.06. The van der Waals surface area contributed by atoms with Gasteiger partial charge in [0.1, 0.15) is 11.6 Å². The van der Waals surface area contributed by atoms with E-state index in [2.05, 4.69) is 10.5 Å². The van der Waals surface area contributed by atoms with Gasteiger partial charge in [-0.2, -0.15) is 18.3 Å². The third-order valence-corrected chi connectivity index (χ3v) is 4.26. The van der Waals surface area contributed by atoms with Gasteiger partial charge < -0.3 is 14.9 Å². The number of hydrogen-bond acceptors (Lipinski definition) is 4. The fourth-order valence-corrected chi connectivity index (χ4v) is 3.12. The van der Waals surface area contributed by atoms with E-state index < -0.39 is 23.5 Å². The van der Waals surface area contributed by atoms with Gasteiger partial charge in [0.25, 0.3) is 11.5 Å². The minimum absolute atomic E-state index is 0.0277. The van der Waals surface area contributed by atoms with Crippen LogP contribution in [0.1, 0.15) is 42.6 Å². The quantitative estimate of drug-likeness (QED) is 0.683. The van der Waals surface area contributed by atoms with Crippen molar-refractivity contribution in [1.29, 1.82) is 0 Å². The van der Waals surface area contributed by atoms with Crippen LogP contribution in [-0.4, -0.2) is 28.8 Å². The lowest BCUT2D eigenvalue weighted by atomic mass is 9.87. The number of alkyl halides is 3. The minimum atomic E-state index is -4.69. The van der Waals surface area contributed by atoms with E-state index in [1.54, 1.807) is 0 Å². The van der Waals surface area contributed by atoms with Crippen LogP contribution in [0, 0.1) is 5.82 Å². The summed E-state index contributed by atoms with van der Waals surface area (Å²) < 4.78 is 56.5. The van der Waals surface area contributed by atoms with Crippen molar-refractivity contribution in [2.24, 2.45) is 0 Å². The Bertz CT molecular complexity index is 856. The molecule has 154 valence electrons. The predicted molar refractivity (Wildman–Crippen MR) is 91.5 cm³/mol. The van der Waals surface area contributed by atoms with Gasteiger partial charge in [0.15, 0.2) is 0 Å². The van der Waals surface area contributed by atoms with Crippen molar-refractivity contribution < 1.29 is 32.0 Å². The lowest BCUT2D eigenvalue weighted by molar-refractivity contribution is -0.140. The van der Waals surface area contributed by atoms with Crippen LogP contribution in [0.3, 0.4) is 0 Å². The van der Waals surface area contributed by atoms with Crippen molar-refractivity contribution in [3.05, 3.63) is 57.3 Å². The van der Waals surface area contributed by atoms with Crippen LogP contribution in [-0.2, 0) is 17.4 Å². The molecule has 0 radical (unpaired) electrons. The van der Waals surface area contributed by atoms with Gasteiger partial charge in [-0.3, -0.25) is 9.59 Å². The first kappa shape index (κ1) is 21.7. The highest BCUT2D eigenvalue weighted by atomic mass is 19.4. The highest BCUT2D eigenvalue weighted by Crippen LogP contribution is 2.32. The number of piperidine rings is 1. The van der Waals surface area contributed by atoms with Crippen LogP contribution in [0.2, 0.25) is 0 Å². The number of H-pyrrole nitrogens is 1. The van der Waals surface area contributed by atoms with Gasteiger partial charge in [0.2, 0.25) is 0 Å². The van der Waals surface area contributed by atoms with E-state index in [1.807, 2.05) is 0 Å². The largest absolute Gasteiger partial charge is 0.481 e. The maximum absolute atomic E-state index is 13.7. The molecule has 0 saturated carbocycles. The van der Waals surface area contributed by atoms with E-state index in [0.29, 0.717) is 30.7 Å². The Morgan fingerprint density at radius 1 is 1.32 bits per heavy atom. The van der Waals surface area contributed by atoms with Crippen LogP contribution >= 0.6 is 0 Å². The van der Waals surface area contributed by atoms with E-state index in [-0.39, 0.29) is 17.5 Å². The van der Waals surface area contributed by atoms with Gasteiger partial charge in [0.05, 0.1) is 5.56 Å². The number of carboxylic acids is 1. The number of aliphatic carboxylic acids is 1. The van der Waals surface area contributed by atoms with Gasteiger partial charge in [-0.25, -0.2) is 4.39 Å². The normalized spacial score (nSPS) is 19.6. The predicted octanol–water partition coefficient (Wildman–Crippen LogP) is 3.30. The molecular weight excluding hydrogens is 384 g/mol. The number of aromatic nitrogens is 1. The fourth-order valence-electron chi connectivity index (χ4n) is 3.12. The minimum Gasteiger partial charge on any atom is -0.481 e. The van der Waals surface area contributed by atoms with Gasteiger partial charge in [-0.15, -0.1) is 0 Å². The zero-order chi connectivity index (χ0) is 20.9. The number of carboxylic acid groups (broad SMARTS) is 1. The number of nitrogens with one attached hydrogen (secondary N) is 2. The van der Waals surface area contributed by atoms with E-state index in [4.69, 9.17) is 14.4 Å². The number of benzene rings is 1. The number of rotatable bonds is 3. The molecule has 1 aliphatic rings. The molecule has 0 aliphatic carbocycles. The first-order valence-corrected chi connectivity index (χ1v) is 8.53. The highest BCUT2D eigenvalue weighted by molar-refractivity contribution is 5.62. The Morgan fingerprint density at radius 3 is 2.54 bits per heavy atom. The Morgan fingerprint density at radius 2 is 2.00 bits per heavy atom. The van der Waals surface area contributed by atoms with E-state index in [1.165, 1.54) is 12.1 Å². The summed E-state index contributed by atoms with van der Waals surface area (Å²) in [6.45, 7) is 1.77. The summed E-state index contributed by atoms with van der Waals surface area (Å²) >= 11 is 0. The Balaban J connectivity index is 0.000000640. The zero-order valence-corrected chi connectivity index (χ0v) is 15.0. The molecule has 3 rings (SSSR count). The molecule has 1 saturated heterocycles. The van der Waals surface area contributed by atoms with Gasteiger partial charge >= 0.3 is 6.18 Å². The van der Waals surface area contributed by atoms with Crippen LogP contribution < -0.4 is 10.9 Å². The lowest BCUT2D eigenvalue weighted by Gasteiger charge is -2.29. The van der Waals surface area contributed by atoms with Crippen LogP contribution in [0.4, 0.5) is 17.6 Å². The van der Waals surface area contributed by atoms with Crippen LogP contribution in [0.25, 0.3) is 0 Å². The molecule has 2 atom stereocenters. The fraction of sp³-hybridized carbons (Fsp3) is 0.444. The molecule has 0 unspecified atom stereocenters. The second-order valence-electron chi connectivity index (χ2n) is 6.52. The molecule has 1 aromatic heterocycles. The molecule has 10 heteroatoms. The number of halogens is 4. The number of hydrogen-bond donors (Lipinski definition) is 3. The molecule has 28 heavy (non-hydrogen) atoms. The smallest absolute Gasteiger partial charge is 0.419 e. The SMILES string of the molecule is CC(=O)O.O=c1cc([C@@H]2CCN[C@@H](Cc3ccc(C(F)(F)F)c(F)c3)C2)o[nH]1. The molecule has 2 aromatic rings. The summed E-state index contributed by atoms with van der Waals surface area (Å²) in [4.78, 5) is 20.2. The monoisotopic (exact) mass is 404 g/mol. The molecule has 1 fully saturated rings. The Hall–Kier alpha value is -2.62. The maximum Gasteiger partial charge on any atom is 0.419 e. The Labute approximate surface area is 157 Å². The first-order chi connectivity index (χ1) is 13.1. The molecule has 3 N–H and O–H groups in total. The summed E-state index contributed by atoms with van der Waals surface area (Å²) in [6.07, 6.45) is -2.84. The van der Waals surface area contributed by atoms with Crippen LogP contribution in [0.5, 0.6) is 0 Å². The van der Waals surface area contributed by atoms with Crippen LogP contribution in [0.15, 0.2) is 33.6 Å². The molecule has 0 amide bonds. The van der Waals surface area contributed by atoms with Crippen molar-refractivity contribution >= 4 is 5.97 Å². The topological polar surface area (TPSA) is 95.3 Å². The molecule has 6 nitrogen and oxygen atoms in total. The second kappa shape index (κ2) is 9.05. The number of aromatic amines is 1.